The Labute approximate surface area is 179 Å². The second-order valence-corrected chi connectivity index (χ2v) is 6.43. The van der Waals surface area contributed by atoms with Crippen molar-refractivity contribution in [2.45, 2.75) is 0 Å². The lowest BCUT2D eigenvalue weighted by molar-refractivity contribution is 0.0475. The van der Waals surface area contributed by atoms with Crippen LogP contribution in [0.15, 0.2) is 72.8 Å². The van der Waals surface area contributed by atoms with Crippen LogP contribution in [0.5, 0.6) is 11.5 Å². The molecule has 7 heteroatoms. The number of benzene rings is 3. The van der Waals surface area contributed by atoms with E-state index in [-0.39, 0.29) is 11.5 Å². The molecule has 0 saturated carbocycles. The molecular weight excluding hydrogens is 398 g/mol. The highest BCUT2D eigenvalue weighted by Crippen LogP contribution is 2.27. The fourth-order valence-electron chi connectivity index (χ4n) is 2.86. The van der Waals surface area contributed by atoms with Crippen LogP contribution in [0.25, 0.3) is 0 Å². The van der Waals surface area contributed by atoms with E-state index in [9.17, 15) is 14.4 Å². The predicted octanol–water partition coefficient (Wildman–Crippen LogP) is 4.00. The number of para-hydroxylation sites is 1. The van der Waals surface area contributed by atoms with Gasteiger partial charge in [-0.05, 0) is 42.5 Å². The Balaban J connectivity index is 1.68. The lowest BCUT2D eigenvalue weighted by atomic mass is 10.1. The predicted molar refractivity (Wildman–Crippen MR) is 115 cm³/mol. The van der Waals surface area contributed by atoms with E-state index >= 15 is 0 Å². The number of rotatable bonds is 8. The molecule has 7 nitrogen and oxygen atoms in total. The van der Waals surface area contributed by atoms with E-state index in [1.165, 1.54) is 26.4 Å². The number of ether oxygens (including phenoxy) is 3. The van der Waals surface area contributed by atoms with Gasteiger partial charge in [0.25, 0.3) is 5.91 Å². The third kappa shape index (κ3) is 5.27. The number of esters is 1. The van der Waals surface area contributed by atoms with Crippen molar-refractivity contribution in [1.29, 1.82) is 0 Å². The summed E-state index contributed by atoms with van der Waals surface area (Å²) in [5.41, 5.74) is 1.21. The summed E-state index contributed by atoms with van der Waals surface area (Å²) >= 11 is 0. The standard InChI is InChI=1S/C24H21NO6/c1-29-21-13-12-17(14-22(21)30-2)20(26)15-31-24(28)18-10-6-7-11-19(18)25-23(27)16-8-4-3-5-9-16/h3-14H,15H2,1-2H3,(H,25,27). The quantitative estimate of drug-likeness (QED) is 0.438. The molecule has 3 aromatic rings. The van der Waals surface area contributed by atoms with E-state index in [2.05, 4.69) is 5.32 Å². The lowest BCUT2D eigenvalue weighted by Crippen LogP contribution is -2.18. The van der Waals surface area contributed by atoms with E-state index in [1.54, 1.807) is 60.7 Å². The second kappa shape index (κ2) is 10.1. The minimum Gasteiger partial charge on any atom is -0.493 e. The van der Waals surface area contributed by atoms with E-state index in [1.807, 2.05) is 0 Å². The van der Waals surface area contributed by atoms with E-state index in [4.69, 9.17) is 14.2 Å². The van der Waals surface area contributed by atoms with Gasteiger partial charge >= 0.3 is 5.97 Å². The number of ketones is 1. The molecule has 3 aromatic carbocycles. The van der Waals surface area contributed by atoms with Crippen molar-refractivity contribution in [2.24, 2.45) is 0 Å². The first-order valence-corrected chi connectivity index (χ1v) is 9.41. The minimum absolute atomic E-state index is 0.145. The SMILES string of the molecule is COc1ccc(C(=O)COC(=O)c2ccccc2NC(=O)c2ccccc2)cc1OC. The van der Waals surface area contributed by atoms with Gasteiger partial charge in [-0.3, -0.25) is 9.59 Å². The van der Waals surface area contributed by atoms with Gasteiger partial charge in [-0.1, -0.05) is 30.3 Å². The molecule has 1 N–H and O–H groups in total. The normalized spacial score (nSPS) is 10.1. The monoisotopic (exact) mass is 419 g/mol. The Morgan fingerprint density at radius 3 is 2.16 bits per heavy atom. The molecule has 0 aliphatic rings. The zero-order chi connectivity index (χ0) is 22.2. The van der Waals surface area contributed by atoms with Gasteiger partial charge in [-0.2, -0.15) is 0 Å². The molecule has 0 unspecified atom stereocenters. The van der Waals surface area contributed by atoms with Crippen LogP contribution in [-0.2, 0) is 4.74 Å². The van der Waals surface area contributed by atoms with Crippen LogP contribution in [-0.4, -0.2) is 38.5 Å². The third-order valence-electron chi connectivity index (χ3n) is 4.47. The maximum absolute atomic E-state index is 12.6. The second-order valence-electron chi connectivity index (χ2n) is 6.43. The zero-order valence-corrected chi connectivity index (χ0v) is 17.1. The van der Waals surface area contributed by atoms with Crippen molar-refractivity contribution in [3.05, 3.63) is 89.5 Å². The molecule has 0 radical (unpaired) electrons. The summed E-state index contributed by atoms with van der Waals surface area (Å²) in [7, 11) is 2.96. The minimum atomic E-state index is -0.724. The summed E-state index contributed by atoms with van der Waals surface area (Å²) in [6.45, 7) is -0.463. The summed E-state index contributed by atoms with van der Waals surface area (Å²) in [4.78, 5) is 37.4. The van der Waals surface area contributed by atoms with Crippen LogP contribution in [0.1, 0.15) is 31.1 Å². The Hall–Kier alpha value is -4.13. The van der Waals surface area contributed by atoms with Crippen LogP contribution < -0.4 is 14.8 Å². The average Bonchev–Trinajstić information content (AvgIpc) is 2.82. The van der Waals surface area contributed by atoms with Crippen LogP contribution in [0.4, 0.5) is 5.69 Å². The number of amides is 1. The number of carbonyl (C=O) groups excluding carboxylic acids is 3. The van der Waals surface area contributed by atoms with Crippen molar-refractivity contribution < 1.29 is 28.6 Å². The Morgan fingerprint density at radius 2 is 1.45 bits per heavy atom. The molecule has 0 aliphatic heterocycles. The van der Waals surface area contributed by atoms with Gasteiger partial charge in [0, 0.05) is 11.1 Å². The van der Waals surface area contributed by atoms with Gasteiger partial charge in [-0.15, -0.1) is 0 Å². The van der Waals surface area contributed by atoms with E-state index in [0.29, 0.717) is 28.3 Å². The van der Waals surface area contributed by atoms with Crippen molar-refractivity contribution >= 4 is 23.3 Å². The van der Waals surface area contributed by atoms with Crippen LogP contribution in [0.3, 0.4) is 0 Å². The summed E-state index contributed by atoms with van der Waals surface area (Å²) in [5.74, 6) is -0.604. The van der Waals surface area contributed by atoms with Gasteiger partial charge in [0.2, 0.25) is 0 Å². The van der Waals surface area contributed by atoms with Crippen LogP contribution in [0.2, 0.25) is 0 Å². The molecule has 0 saturated heterocycles. The fourth-order valence-corrected chi connectivity index (χ4v) is 2.86. The van der Waals surface area contributed by atoms with Gasteiger partial charge in [0.1, 0.15) is 0 Å². The summed E-state index contributed by atoms with van der Waals surface area (Å²) in [6.07, 6.45) is 0. The van der Waals surface area contributed by atoms with Gasteiger partial charge in [-0.25, -0.2) is 4.79 Å². The van der Waals surface area contributed by atoms with Crippen molar-refractivity contribution in [1.82, 2.24) is 0 Å². The first-order chi connectivity index (χ1) is 15.0. The molecule has 0 atom stereocenters. The maximum Gasteiger partial charge on any atom is 0.340 e. The molecule has 0 fully saturated rings. The lowest BCUT2D eigenvalue weighted by Gasteiger charge is -2.11. The van der Waals surface area contributed by atoms with Crippen molar-refractivity contribution in [3.8, 4) is 11.5 Å². The number of methoxy groups -OCH3 is 2. The number of Topliss-reactive ketones (excluding diaryl/α,β-unsaturated/α-hetero) is 1. The van der Waals surface area contributed by atoms with Crippen LogP contribution in [0, 0.1) is 0 Å². The highest BCUT2D eigenvalue weighted by atomic mass is 16.5. The van der Waals surface area contributed by atoms with Gasteiger partial charge < -0.3 is 19.5 Å². The largest absolute Gasteiger partial charge is 0.493 e. The molecule has 1 amide bonds. The Morgan fingerprint density at radius 1 is 0.774 bits per heavy atom. The topological polar surface area (TPSA) is 90.9 Å². The third-order valence-corrected chi connectivity index (χ3v) is 4.47. The molecule has 0 spiro atoms. The molecule has 0 aliphatic carbocycles. The van der Waals surface area contributed by atoms with Crippen molar-refractivity contribution in [3.63, 3.8) is 0 Å². The van der Waals surface area contributed by atoms with Gasteiger partial charge in [0.05, 0.1) is 25.5 Å². The van der Waals surface area contributed by atoms with E-state index in [0.717, 1.165) is 0 Å². The molecule has 0 bridgehead atoms. The maximum atomic E-state index is 12.6. The number of nitrogens with one attached hydrogen (secondary N) is 1. The first kappa shape index (κ1) is 21.6. The summed E-state index contributed by atoms with van der Waals surface area (Å²) in [6, 6.07) is 19.7. The molecular formula is C24H21NO6. The number of hydrogen-bond acceptors (Lipinski definition) is 6. The first-order valence-electron chi connectivity index (χ1n) is 9.41. The highest BCUT2D eigenvalue weighted by Gasteiger charge is 2.18. The average molecular weight is 419 g/mol. The number of carbonyl (C=O) groups is 3. The molecule has 0 heterocycles. The number of hydrogen-bond donors (Lipinski definition) is 1. The zero-order valence-electron chi connectivity index (χ0n) is 17.1. The summed E-state index contributed by atoms with van der Waals surface area (Å²) in [5, 5.41) is 2.70. The fraction of sp³-hybridized carbons (Fsp3) is 0.125. The van der Waals surface area contributed by atoms with Crippen LogP contribution >= 0.6 is 0 Å². The Kier molecular flexibility index (Phi) is 7.01. The number of anilines is 1. The van der Waals surface area contributed by atoms with E-state index < -0.39 is 18.4 Å². The summed E-state index contributed by atoms with van der Waals surface area (Å²) < 4.78 is 15.5. The van der Waals surface area contributed by atoms with Crippen molar-refractivity contribution in [2.75, 3.05) is 26.1 Å². The molecule has 31 heavy (non-hydrogen) atoms. The molecule has 0 aromatic heterocycles. The van der Waals surface area contributed by atoms with Gasteiger partial charge in [0.15, 0.2) is 23.9 Å². The Bertz CT molecular complexity index is 1090. The highest BCUT2D eigenvalue weighted by molar-refractivity contribution is 6.08. The smallest absolute Gasteiger partial charge is 0.340 e. The molecule has 3 rings (SSSR count). The molecule has 158 valence electrons.